The molecule has 2 aromatic rings. The minimum atomic E-state index is -1.74. The molecule has 0 saturated carbocycles. The number of hydrogen-bond donors (Lipinski definition) is 0. The molecular formula is C27H17N5O. The SMILES string of the molecule is C#CCN1C(=O)C2(Cc3cc4c(cc3C2)CC(C#N)(C#N)C(C#N)(C#N)C4)c2ccccc21. The summed E-state index contributed by atoms with van der Waals surface area (Å²) in [5, 5.41) is 39.2. The average molecular weight is 427 g/mol. The van der Waals surface area contributed by atoms with E-state index in [1.54, 1.807) is 4.90 Å². The third-order valence-electron chi connectivity index (χ3n) is 7.52. The van der Waals surface area contributed by atoms with Crippen LogP contribution in [0.5, 0.6) is 0 Å². The smallest absolute Gasteiger partial charge is 0.239 e. The summed E-state index contributed by atoms with van der Waals surface area (Å²) < 4.78 is 0. The fourth-order valence-electron chi connectivity index (χ4n) is 5.81. The fraction of sp³-hybridized carbons (Fsp3) is 0.296. The van der Waals surface area contributed by atoms with E-state index in [9.17, 15) is 25.8 Å². The number of nitrogens with zero attached hydrogens (tertiary/aromatic N) is 5. The second-order valence-corrected chi connectivity index (χ2v) is 9.05. The van der Waals surface area contributed by atoms with Crippen LogP contribution in [0.15, 0.2) is 36.4 Å². The Kier molecular flexibility index (Phi) is 4.14. The molecule has 2 aromatic carbocycles. The summed E-state index contributed by atoms with van der Waals surface area (Å²) in [5.41, 5.74) is 1.11. The maximum absolute atomic E-state index is 13.6. The van der Waals surface area contributed by atoms with Crippen LogP contribution in [0.3, 0.4) is 0 Å². The first-order chi connectivity index (χ1) is 15.9. The van der Waals surface area contributed by atoms with E-state index in [2.05, 4.69) is 5.92 Å². The Hall–Kier alpha value is -4.57. The maximum Gasteiger partial charge on any atom is 0.239 e. The van der Waals surface area contributed by atoms with Crippen molar-refractivity contribution in [1.82, 2.24) is 0 Å². The highest BCUT2D eigenvalue weighted by atomic mass is 16.2. The van der Waals surface area contributed by atoms with Gasteiger partial charge in [0.05, 0.1) is 36.2 Å². The molecule has 5 rings (SSSR count). The summed E-state index contributed by atoms with van der Waals surface area (Å²) in [5.74, 6) is 2.55. The zero-order chi connectivity index (χ0) is 23.4. The minimum absolute atomic E-state index is 0.00445. The van der Waals surface area contributed by atoms with Gasteiger partial charge in [0.1, 0.15) is 0 Å². The van der Waals surface area contributed by atoms with Crippen LogP contribution in [0.25, 0.3) is 0 Å². The van der Waals surface area contributed by atoms with Gasteiger partial charge in [-0.15, -0.1) is 6.42 Å². The second-order valence-electron chi connectivity index (χ2n) is 9.05. The summed E-state index contributed by atoms with van der Waals surface area (Å²) in [6.07, 6.45) is 6.55. The number of para-hydroxylation sites is 1. The minimum Gasteiger partial charge on any atom is -0.300 e. The van der Waals surface area contributed by atoms with Gasteiger partial charge in [-0.2, -0.15) is 21.0 Å². The number of rotatable bonds is 1. The Balaban J connectivity index is 1.63. The number of terminal acetylenes is 1. The summed E-state index contributed by atoms with van der Waals surface area (Å²) in [6, 6.07) is 19.5. The van der Waals surface area contributed by atoms with Crippen molar-refractivity contribution in [3.8, 4) is 36.6 Å². The largest absolute Gasteiger partial charge is 0.300 e. The summed E-state index contributed by atoms with van der Waals surface area (Å²) >= 11 is 0. The first kappa shape index (κ1) is 20.3. The molecule has 1 amide bonds. The standard InChI is InChI=1S/C27H17N5O/c1-2-7-32-23-6-4-3-5-22(23)27(24(32)33)12-20-8-18-10-25(14-28,15-29)26(16-30,17-31)11-19(18)9-21(20)13-27/h1,3-6,8-9H,7,10-13H2. The van der Waals surface area contributed by atoms with Gasteiger partial charge < -0.3 is 0 Å². The second kappa shape index (κ2) is 6.71. The van der Waals surface area contributed by atoms with E-state index in [1.807, 2.05) is 60.7 Å². The first-order valence-corrected chi connectivity index (χ1v) is 10.6. The van der Waals surface area contributed by atoms with Gasteiger partial charge in [-0.25, -0.2) is 0 Å². The van der Waals surface area contributed by atoms with Crippen LogP contribution in [0.4, 0.5) is 5.69 Å². The molecule has 6 nitrogen and oxygen atoms in total. The van der Waals surface area contributed by atoms with Crippen molar-refractivity contribution < 1.29 is 4.79 Å². The predicted molar refractivity (Wildman–Crippen MR) is 118 cm³/mol. The highest BCUT2D eigenvalue weighted by Gasteiger charge is 2.58. The van der Waals surface area contributed by atoms with Crippen molar-refractivity contribution >= 4 is 11.6 Å². The van der Waals surface area contributed by atoms with E-state index in [-0.39, 0.29) is 25.3 Å². The van der Waals surface area contributed by atoms with Gasteiger partial charge in [0.25, 0.3) is 0 Å². The molecule has 1 aliphatic heterocycles. The monoisotopic (exact) mass is 427 g/mol. The highest BCUT2D eigenvalue weighted by Crippen LogP contribution is 2.53. The molecule has 33 heavy (non-hydrogen) atoms. The molecule has 3 aliphatic rings. The molecule has 0 N–H and O–H groups in total. The molecule has 1 heterocycles. The third kappa shape index (κ3) is 2.37. The van der Waals surface area contributed by atoms with Crippen molar-refractivity contribution in [1.29, 1.82) is 21.0 Å². The van der Waals surface area contributed by atoms with E-state index >= 15 is 0 Å². The summed E-state index contributed by atoms with van der Waals surface area (Å²) in [4.78, 5) is 15.3. The number of hydrogen-bond acceptors (Lipinski definition) is 5. The van der Waals surface area contributed by atoms with E-state index in [4.69, 9.17) is 6.42 Å². The number of carbonyl (C=O) groups is 1. The lowest BCUT2D eigenvalue weighted by Gasteiger charge is -2.37. The molecule has 2 aliphatic carbocycles. The van der Waals surface area contributed by atoms with Crippen LogP contribution >= 0.6 is 0 Å². The van der Waals surface area contributed by atoms with Gasteiger partial charge in [0, 0.05) is 18.5 Å². The Morgan fingerprint density at radius 2 is 1.30 bits per heavy atom. The summed E-state index contributed by atoms with van der Waals surface area (Å²) in [6.45, 7) is 0.199. The Labute approximate surface area is 191 Å². The van der Waals surface area contributed by atoms with Crippen molar-refractivity contribution in [3.05, 3.63) is 64.2 Å². The maximum atomic E-state index is 13.6. The molecule has 0 bridgehead atoms. The summed E-state index contributed by atoms with van der Waals surface area (Å²) in [7, 11) is 0. The topological polar surface area (TPSA) is 115 Å². The zero-order valence-corrected chi connectivity index (χ0v) is 17.7. The number of benzene rings is 2. The number of amides is 1. The van der Waals surface area contributed by atoms with Gasteiger partial charge >= 0.3 is 0 Å². The van der Waals surface area contributed by atoms with E-state index < -0.39 is 16.2 Å². The van der Waals surface area contributed by atoms with Crippen molar-refractivity contribution in [2.75, 3.05) is 11.4 Å². The van der Waals surface area contributed by atoms with Crippen LogP contribution in [-0.4, -0.2) is 12.5 Å². The average Bonchev–Trinajstić information content (AvgIpc) is 3.32. The van der Waals surface area contributed by atoms with Crippen LogP contribution in [0.2, 0.25) is 0 Å². The normalized spacial score (nSPS) is 19.7. The van der Waals surface area contributed by atoms with E-state index in [0.29, 0.717) is 12.8 Å². The molecule has 0 fully saturated rings. The highest BCUT2D eigenvalue weighted by molar-refractivity contribution is 6.09. The lowest BCUT2D eigenvalue weighted by molar-refractivity contribution is -0.122. The first-order valence-electron chi connectivity index (χ1n) is 10.6. The Morgan fingerprint density at radius 1 is 0.818 bits per heavy atom. The van der Waals surface area contributed by atoms with Gasteiger partial charge in [0.2, 0.25) is 5.91 Å². The van der Waals surface area contributed by atoms with Gasteiger partial charge in [0.15, 0.2) is 10.8 Å². The van der Waals surface area contributed by atoms with Crippen molar-refractivity contribution in [2.45, 2.75) is 31.1 Å². The van der Waals surface area contributed by atoms with Gasteiger partial charge in [-0.1, -0.05) is 36.3 Å². The Morgan fingerprint density at radius 3 is 1.79 bits per heavy atom. The Bertz CT molecular complexity index is 1350. The molecule has 0 unspecified atom stereocenters. The number of anilines is 1. The molecule has 6 heteroatoms. The molecule has 156 valence electrons. The molecule has 0 saturated heterocycles. The van der Waals surface area contributed by atoms with Crippen molar-refractivity contribution in [2.24, 2.45) is 10.8 Å². The van der Waals surface area contributed by atoms with Crippen molar-refractivity contribution in [3.63, 3.8) is 0 Å². The van der Waals surface area contributed by atoms with Crippen LogP contribution in [-0.2, 0) is 35.9 Å². The van der Waals surface area contributed by atoms with Crippen LogP contribution in [0.1, 0.15) is 27.8 Å². The van der Waals surface area contributed by atoms with Crippen LogP contribution < -0.4 is 4.90 Å². The van der Waals surface area contributed by atoms with Crippen LogP contribution in [0, 0.1) is 68.5 Å². The molecule has 0 atom stereocenters. The number of nitriles is 4. The lowest BCUT2D eigenvalue weighted by Crippen LogP contribution is -2.45. The lowest BCUT2D eigenvalue weighted by atomic mass is 9.57. The fourth-order valence-corrected chi connectivity index (χ4v) is 5.81. The van der Waals surface area contributed by atoms with E-state index in [0.717, 1.165) is 33.5 Å². The van der Waals surface area contributed by atoms with Gasteiger partial charge in [-0.3, -0.25) is 9.69 Å². The molecular weight excluding hydrogens is 410 g/mol. The molecule has 0 aromatic heterocycles. The predicted octanol–water partition coefficient (Wildman–Crippen LogP) is 2.87. The number of fused-ring (bicyclic) bond motifs is 4. The zero-order valence-electron chi connectivity index (χ0n) is 17.7. The molecule has 0 radical (unpaired) electrons. The van der Waals surface area contributed by atoms with E-state index in [1.165, 1.54) is 0 Å². The third-order valence-corrected chi connectivity index (χ3v) is 7.52. The molecule has 1 spiro atoms. The quantitative estimate of drug-likeness (QED) is 0.649. The van der Waals surface area contributed by atoms with Gasteiger partial charge in [-0.05, 0) is 46.7 Å². The number of carbonyl (C=O) groups excluding carboxylic acids is 1.